The van der Waals surface area contributed by atoms with Crippen molar-refractivity contribution in [2.75, 3.05) is 62.6 Å². The van der Waals surface area contributed by atoms with E-state index >= 15 is 0 Å². The molecule has 2 heterocycles. The third-order valence-corrected chi connectivity index (χ3v) is 7.80. The lowest BCUT2D eigenvalue weighted by molar-refractivity contribution is -0.122. The number of carbonyl (C=O) groups excluding carboxylic acids is 3. The van der Waals surface area contributed by atoms with E-state index in [0.717, 1.165) is 50.9 Å². The summed E-state index contributed by atoms with van der Waals surface area (Å²) in [5, 5.41) is 6.45. The van der Waals surface area contributed by atoms with Gasteiger partial charge in [0.2, 0.25) is 5.91 Å². The van der Waals surface area contributed by atoms with Crippen LogP contribution >= 0.6 is 0 Å². The fourth-order valence-corrected chi connectivity index (χ4v) is 5.35. The minimum Gasteiger partial charge on any atom is -0.368 e. The number of rotatable bonds is 5. The quantitative estimate of drug-likeness (QED) is 0.631. The standard InChI is InChI=1S/C29H36FN5O3/c30-24-8-2-7-22(19-24)28(37)35-15-4-14-33(17-18-35)26-10-9-23(29(38)34-13-3-11-31-12-16-34)20-25(26)32-27(36)21-5-1-6-21/h2,7-10,19-21,31H,1,3-6,11-18H2,(H,32,36). The van der Waals surface area contributed by atoms with Gasteiger partial charge in [-0.15, -0.1) is 0 Å². The molecular formula is C29H36FN5O3. The van der Waals surface area contributed by atoms with Crippen molar-refractivity contribution in [2.45, 2.75) is 32.1 Å². The second kappa shape index (κ2) is 11.9. The molecule has 2 aromatic carbocycles. The first-order chi connectivity index (χ1) is 18.5. The van der Waals surface area contributed by atoms with E-state index in [1.807, 2.05) is 23.1 Å². The molecule has 2 N–H and O–H groups in total. The first-order valence-corrected chi connectivity index (χ1v) is 13.7. The Morgan fingerprint density at radius 2 is 1.55 bits per heavy atom. The SMILES string of the molecule is O=C(Nc1cc(C(=O)N2CCCNCC2)ccc1N1CCCN(C(=O)c2cccc(F)c2)CC1)C1CCC1. The van der Waals surface area contributed by atoms with Gasteiger partial charge in [-0.05, 0) is 68.6 Å². The van der Waals surface area contributed by atoms with Gasteiger partial charge in [0.05, 0.1) is 11.4 Å². The van der Waals surface area contributed by atoms with Crippen molar-refractivity contribution >= 4 is 29.1 Å². The van der Waals surface area contributed by atoms with Crippen LogP contribution in [0, 0.1) is 11.7 Å². The van der Waals surface area contributed by atoms with Crippen molar-refractivity contribution in [1.29, 1.82) is 0 Å². The average molecular weight is 522 g/mol. The molecule has 0 radical (unpaired) electrons. The van der Waals surface area contributed by atoms with E-state index in [-0.39, 0.29) is 23.6 Å². The number of anilines is 2. The summed E-state index contributed by atoms with van der Waals surface area (Å²) >= 11 is 0. The summed E-state index contributed by atoms with van der Waals surface area (Å²) in [6, 6.07) is 11.4. The average Bonchev–Trinajstić information content (AvgIpc) is 3.30. The fraction of sp³-hybridized carbons (Fsp3) is 0.483. The molecule has 202 valence electrons. The number of halogens is 1. The van der Waals surface area contributed by atoms with Gasteiger partial charge in [0.1, 0.15) is 5.82 Å². The smallest absolute Gasteiger partial charge is 0.254 e. The third-order valence-electron chi connectivity index (χ3n) is 7.80. The number of nitrogens with one attached hydrogen (secondary N) is 2. The molecule has 0 spiro atoms. The maximum Gasteiger partial charge on any atom is 0.254 e. The maximum absolute atomic E-state index is 13.7. The molecule has 0 bridgehead atoms. The van der Waals surface area contributed by atoms with Gasteiger partial charge in [-0.25, -0.2) is 4.39 Å². The Balaban J connectivity index is 1.35. The molecule has 3 amide bonds. The van der Waals surface area contributed by atoms with E-state index in [1.165, 1.54) is 12.1 Å². The van der Waals surface area contributed by atoms with Gasteiger partial charge in [0, 0.05) is 62.9 Å². The van der Waals surface area contributed by atoms with Crippen molar-refractivity contribution in [2.24, 2.45) is 5.92 Å². The molecule has 0 unspecified atom stereocenters. The number of amides is 3. The fourth-order valence-electron chi connectivity index (χ4n) is 5.35. The lowest BCUT2D eigenvalue weighted by Gasteiger charge is -2.29. The third kappa shape index (κ3) is 5.99. The van der Waals surface area contributed by atoms with Crippen molar-refractivity contribution in [1.82, 2.24) is 15.1 Å². The van der Waals surface area contributed by atoms with Gasteiger partial charge in [-0.2, -0.15) is 0 Å². The van der Waals surface area contributed by atoms with Gasteiger partial charge in [-0.1, -0.05) is 12.5 Å². The Morgan fingerprint density at radius 1 is 0.789 bits per heavy atom. The monoisotopic (exact) mass is 521 g/mol. The Morgan fingerprint density at radius 3 is 2.32 bits per heavy atom. The van der Waals surface area contributed by atoms with E-state index in [2.05, 4.69) is 15.5 Å². The summed E-state index contributed by atoms with van der Waals surface area (Å²) < 4.78 is 13.7. The molecule has 9 heteroatoms. The molecule has 1 saturated carbocycles. The first kappa shape index (κ1) is 26.2. The summed E-state index contributed by atoms with van der Waals surface area (Å²) in [6.07, 6.45) is 4.49. The molecule has 0 atom stereocenters. The lowest BCUT2D eigenvalue weighted by Crippen LogP contribution is -2.36. The predicted octanol–water partition coefficient (Wildman–Crippen LogP) is 3.35. The van der Waals surface area contributed by atoms with Crippen molar-refractivity contribution in [3.05, 3.63) is 59.4 Å². The number of carbonyl (C=O) groups is 3. The highest BCUT2D eigenvalue weighted by atomic mass is 19.1. The minimum atomic E-state index is -0.426. The molecule has 5 rings (SSSR count). The molecule has 2 aliphatic heterocycles. The Hall–Kier alpha value is -3.46. The molecule has 2 saturated heterocycles. The van der Waals surface area contributed by atoms with Gasteiger partial charge in [0.15, 0.2) is 0 Å². The van der Waals surface area contributed by atoms with Crippen LogP contribution in [0.1, 0.15) is 52.8 Å². The van der Waals surface area contributed by atoms with Crippen LogP contribution in [0.5, 0.6) is 0 Å². The zero-order valence-corrected chi connectivity index (χ0v) is 21.8. The van der Waals surface area contributed by atoms with E-state index in [0.29, 0.717) is 56.1 Å². The van der Waals surface area contributed by atoms with Crippen LogP contribution in [-0.4, -0.2) is 79.9 Å². The molecule has 8 nitrogen and oxygen atoms in total. The van der Waals surface area contributed by atoms with E-state index in [4.69, 9.17) is 0 Å². The van der Waals surface area contributed by atoms with Crippen LogP contribution in [-0.2, 0) is 4.79 Å². The topological polar surface area (TPSA) is 85.0 Å². The molecule has 1 aliphatic carbocycles. The van der Waals surface area contributed by atoms with E-state index in [1.54, 1.807) is 17.0 Å². The zero-order chi connectivity index (χ0) is 26.5. The van der Waals surface area contributed by atoms with Crippen molar-refractivity contribution < 1.29 is 18.8 Å². The highest BCUT2D eigenvalue weighted by molar-refractivity contribution is 6.01. The molecule has 3 fully saturated rings. The highest BCUT2D eigenvalue weighted by Gasteiger charge is 2.28. The molecule has 2 aromatic rings. The number of benzene rings is 2. The van der Waals surface area contributed by atoms with Gasteiger partial charge >= 0.3 is 0 Å². The van der Waals surface area contributed by atoms with Crippen LogP contribution in [0.2, 0.25) is 0 Å². The van der Waals surface area contributed by atoms with Crippen molar-refractivity contribution in [3.8, 4) is 0 Å². The normalized spacial score (nSPS) is 18.8. The van der Waals surface area contributed by atoms with Crippen LogP contribution in [0.3, 0.4) is 0 Å². The Labute approximate surface area is 223 Å². The van der Waals surface area contributed by atoms with Gasteiger partial charge in [-0.3, -0.25) is 14.4 Å². The number of nitrogens with zero attached hydrogens (tertiary/aromatic N) is 3. The highest BCUT2D eigenvalue weighted by Crippen LogP contribution is 2.32. The summed E-state index contributed by atoms with van der Waals surface area (Å²) in [6.45, 7) is 5.35. The zero-order valence-electron chi connectivity index (χ0n) is 21.8. The van der Waals surface area contributed by atoms with E-state index in [9.17, 15) is 18.8 Å². The second-order valence-corrected chi connectivity index (χ2v) is 10.4. The van der Waals surface area contributed by atoms with Gasteiger partial charge < -0.3 is 25.3 Å². The molecule has 3 aliphatic rings. The first-order valence-electron chi connectivity index (χ1n) is 13.7. The summed E-state index contributed by atoms with van der Waals surface area (Å²) in [5.74, 6) is -0.619. The van der Waals surface area contributed by atoms with E-state index < -0.39 is 5.82 Å². The minimum absolute atomic E-state index is 0.00111. The van der Waals surface area contributed by atoms with Crippen molar-refractivity contribution in [3.63, 3.8) is 0 Å². The summed E-state index contributed by atoms with van der Waals surface area (Å²) in [4.78, 5) is 45.0. The predicted molar refractivity (Wildman–Crippen MR) is 145 cm³/mol. The van der Waals surface area contributed by atoms with Gasteiger partial charge in [0.25, 0.3) is 11.8 Å². The molecular weight excluding hydrogens is 485 g/mol. The summed E-state index contributed by atoms with van der Waals surface area (Å²) in [7, 11) is 0. The molecule has 0 aromatic heterocycles. The maximum atomic E-state index is 13.7. The van der Waals surface area contributed by atoms with Crippen LogP contribution in [0.4, 0.5) is 15.8 Å². The largest absolute Gasteiger partial charge is 0.368 e. The number of hydrogen-bond donors (Lipinski definition) is 2. The van der Waals surface area contributed by atoms with Crippen LogP contribution in [0.15, 0.2) is 42.5 Å². The lowest BCUT2D eigenvalue weighted by atomic mass is 9.85. The molecule has 38 heavy (non-hydrogen) atoms. The Bertz CT molecular complexity index is 1180. The Kier molecular flexibility index (Phi) is 8.22. The van der Waals surface area contributed by atoms with Crippen LogP contribution < -0.4 is 15.5 Å². The second-order valence-electron chi connectivity index (χ2n) is 10.4. The number of hydrogen-bond acceptors (Lipinski definition) is 5. The van der Waals surface area contributed by atoms with Crippen LogP contribution in [0.25, 0.3) is 0 Å². The summed E-state index contributed by atoms with van der Waals surface area (Å²) in [5.41, 5.74) is 2.41.